The van der Waals surface area contributed by atoms with E-state index in [1.807, 2.05) is 24.2 Å². The number of amides is 1. The molecule has 0 N–H and O–H groups in total. The first-order chi connectivity index (χ1) is 11.2. The smallest absolute Gasteiger partial charge is 0.257 e. The Morgan fingerprint density at radius 2 is 2.04 bits per heavy atom. The van der Waals surface area contributed by atoms with Gasteiger partial charge in [0.2, 0.25) is 0 Å². The maximum atomic E-state index is 12.3. The number of carbonyl (C=O) groups excluding carboxylic acids is 1. The van der Waals surface area contributed by atoms with Gasteiger partial charge in [0.1, 0.15) is 6.33 Å². The maximum absolute atomic E-state index is 12.3. The molecule has 0 bridgehead atoms. The highest BCUT2D eigenvalue weighted by molar-refractivity contribution is 5.94. The first kappa shape index (κ1) is 13.9. The second-order valence-corrected chi connectivity index (χ2v) is 6.03. The first-order valence-corrected chi connectivity index (χ1v) is 7.65. The molecule has 23 heavy (non-hydrogen) atoms. The Bertz CT molecular complexity index is 852. The Morgan fingerprint density at radius 1 is 1.26 bits per heavy atom. The minimum Gasteiger partial charge on any atom is -0.349 e. The van der Waals surface area contributed by atoms with Crippen molar-refractivity contribution in [2.75, 3.05) is 13.1 Å². The van der Waals surface area contributed by atoms with Crippen LogP contribution in [0.3, 0.4) is 0 Å². The van der Waals surface area contributed by atoms with E-state index in [2.05, 4.69) is 31.8 Å². The molecule has 1 saturated heterocycles. The van der Waals surface area contributed by atoms with Gasteiger partial charge in [-0.3, -0.25) is 9.78 Å². The molecule has 4 heterocycles. The summed E-state index contributed by atoms with van der Waals surface area (Å²) in [7, 11) is 2.04. The molecule has 3 aromatic rings. The van der Waals surface area contributed by atoms with E-state index in [0.717, 1.165) is 25.2 Å². The molecule has 0 radical (unpaired) electrons. The Hall–Kier alpha value is -2.76. The number of carbonyl (C=O) groups is 1. The average molecular weight is 307 g/mol. The number of pyridine rings is 1. The van der Waals surface area contributed by atoms with E-state index in [0.29, 0.717) is 11.5 Å². The lowest BCUT2D eigenvalue weighted by atomic mass is 9.93. The quantitative estimate of drug-likeness (QED) is 0.738. The number of fused-ring (bicyclic) bond motifs is 1. The molecule has 0 atom stereocenters. The molecule has 0 unspecified atom stereocenters. The zero-order valence-electron chi connectivity index (χ0n) is 12.9. The minimum atomic E-state index is 0.00637. The highest BCUT2D eigenvalue weighted by Crippen LogP contribution is 2.25. The molecule has 6 heteroatoms. The molecule has 0 spiro atoms. The second kappa shape index (κ2) is 5.46. The molecule has 0 saturated carbocycles. The third-order valence-electron chi connectivity index (χ3n) is 4.40. The van der Waals surface area contributed by atoms with Crippen LogP contribution in [0.2, 0.25) is 0 Å². The molecule has 1 amide bonds. The van der Waals surface area contributed by atoms with Crippen LogP contribution in [0.15, 0.2) is 43.2 Å². The van der Waals surface area contributed by atoms with Crippen LogP contribution in [-0.2, 0) is 13.5 Å². The number of likely N-dealkylation sites (tertiary alicyclic amines) is 1. The fourth-order valence-electron chi connectivity index (χ4n) is 3.20. The molecular weight excluding hydrogens is 290 g/mol. The van der Waals surface area contributed by atoms with Gasteiger partial charge in [-0.05, 0) is 24.5 Å². The third kappa shape index (κ3) is 2.46. The summed E-state index contributed by atoms with van der Waals surface area (Å²) in [6.45, 7) is 1.52. The van der Waals surface area contributed by atoms with Crippen LogP contribution in [0.1, 0.15) is 16.1 Å². The van der Waals surface area contributed by atoms with Crippen molar-refractivity contribution in [1.29, 1.82) is 0 Å². The molecule has 0 aromatic carbocycles. The van der Waals surface area contributed by atoms with Crippen LogP contribution in [0.4, 0.5) is 0 Å². The van der Waals surface area contributed by atoms with Crippen LogP contribution < -0.4 is 0 Å². The third-order valence-corrected chi connectivity index (χ3v) is 4.40. The molecule has 1 aliphatic heterocycles. The predicted octanol–water partition coefficient (Wildman–Crippen LogP) is 1.68. The van der Waals surface area contributed by atoms with Gasteiger partial charge in [0, 0.05) is 50.3 Å². The summed E-state index contributed by atoms with van der Waals surface area (Å²) in [6, 6.07) is 4.14. The van der Waals surface area contributed by atoms with E-state index >= 15 is 0 Å². The van der Waals surface area contributed by atoms with E-state index in [1.165, 1.54) is 17.2 Å². The van der Waals surface area contributed by atoms with Gasteiger partial charge < -0.3 is 9.47 Å². The predicted molar refractivity (Wildman–Crippen MR) is 85.8 cm³/mol. The summed E-state index contributed by atoms with van der Waals surface area (Å²) in [5, 5.41) is 1.21. The van der Waals surface area contributed by atoms with Crippen LogP contribution in [0.5, 0.6) is 0 Å². The molecule has 4 rings (SSSR count). The highest BCUT2D eigenvalue weighted by Gasteiger charge is 2.32. The summed E-state index contributed by atoms with van der Waals surface area (Å²) in [5.74, 6) is 0.462. The lowest BCUT2D eigenvalue weighted by Crippen LogP contribution is -2.50. The number of hydrogen-bond donors (Lipinski definition) is 0. The number of hydrogen-bond acceptors (Lipinski definition) is 4. The zero-order valence-corrected chi connectivity index (χ0v) is 12.9. The largest absolute Gasteiger partial charge is 0.349 e. The van der Waals surface area contributed by atoms with Crippen molar-refractivity contribution in [2.24, 2.45) is 13.0 Å². The highest BCUT2D eigenvalue weighted by atomic mass is 16.2. The number of rotatable bonds is 3. The van der Waals surface area contributed by atoms with E-state index in [-0.39, 0.29) is 5.91 Å². The Morgan fingerprint density at radius 3 is 2.83 bits per heavy atom. The minimum absolute atomic E-state index is 0.00637. The number of aryl methyl sites for hydroxylation is 1. The number of aromatic nitrogens is 4. The van der Waals surface area contributed by atoms with Gasteiger partial charge in [-0.1, -0.05) is 0 Å². The van der Waals surface area contributed by atoms with Gasteiger partial charge in [0.25, 0.3) is 5.91 Å². The molecule has 116 valence electrons. The van der Waals surface area contributed by atoms with Crippen LogP contribution in [0.25, 0.3) is 10.9 Å². The normalized spacial score (nSPS) is 14.9. The monoisotopic (exact) mass is 307 g/mol. The van der Waals surface area contributed by atoms with Gasteiger partial charge in [0.05, 0.1) is 16.8 Å². The van der Waals surface area contributed by atoms with Gasteiger partial charge in [0.15, 0.2) is 0 Å². The maximum Gasteiger partial charge on any atom is 0.257 e. The van der Waals surface area contributed by atoms with Gasteiger partial charge in [-0.15, -0.1) is 0 Å². The topological polar surface area (TPSA) is 63.9 Å². The van der Waals surface area contributed by atoms with Gasteiger partial charge in [-0.2, -0.15) is 0 Å². The van der Waals surface area contributed by atoms with E-state index in [1.54, 1.807) is 12.4 Å². The van der Waals surface area contributed by atoms with Crippen molar-refractivity contribution < 1.29 is 4.79 Å². The standard InChI is InChI=1S/C17H17N5O/c1-21-5-3-13-2-4-20-15(16(13)21)6-12-9-22(10-12)17(23)14-7-18-11-19-8-14/h2-5,7-8,11-12H,6,9-10H2,1H3. The van der Waals surface area contributed by atoms with Crippen molar-refractivity contribution in [3.8, 4) is 0 Å². The van der Waals surface area contributed by atoms with Crippen molar-refractivity contribution in [3.63, 3.8) is 0 Å². The zero-order chi connectivity index (χ0) is 15.8. The SMILES string of the molecule is Cn1ccc2ccnc(CC3CN(C(=O)c4cncnc4)C3)c21. The molecule has 1 aliphatic rings. The summed E-state index contributed by atoms with van der Waals surface area (Å²) in [6.07, 6.45) is 9.37. The van der Waals surface area contributed by atoms with E-state index in [9.17, 15) is 4.79 Å². The van der Waals surface area contributed by atoms with Crippen molar-refractivity contribution >= 4 is 16.8 Å². The van der Waals surface area contributed by atoms with Crippen LogP contribution >= 0.6 is 0 Å². The summed E-state index contributed by atoms with van der Waals surface area (Å²) in [4.78, 5) is 26.5. The fraction of sp³-hybridized carbons (Fsp3) is 0.294. The van der Waals surface area contributed by atoms with Crippen molar-refractivity contribution in [2.45, 2.75) is 6.42 Å². The molecular formula is C17H17N5O. The fourth-order valence-corrected chi connectivity index (χ4v) is 3.20. The Labute approximate surface area is 133 Å². The summed E-state index contributed by atoms with van der Waals surface area (Å²) >= 11 is 0. The van der Waals surface area contributed by atoms with Gasteiger partial charge >= 0.3 is 0 Å². The molecule has 3 aromatic heterocycles. The van der Waals surface area contributed by atoms with Crippen LogP contribution in [0, 0.1) is 5.92 Å². The first-order valence-electron chi connectivity index (χ1n) is 7.65. The van der Waals surface area contributed by atoms with E-state index < -0.39 is 0 Å². The van der Waals surface area contributed by atoms with E-state index in [4.69, 9.17) is 0 Å². The summed E-state index contributed by atoms with van der Waals surface area (Å²) in [5.41, 5.74) is 2.84. The van der Waals surface area contributed by atoms with Gasteiger partial charge in [-0.25, -0.2) is 9.97 Å². The molecule has 1 fully saturated rings. The van der Waals surface area contributed by atoms with Crippen molar-refractivity contribution in [3.05, 3.63) is 54.5 Å². The summed E-state index contributed by atoms with van der Waals surface area (Å²) < 4.78 is 2.11. The average Bonchev–Trinajstić information content (AvgIpc) is 2.93. The molecule has 0 aliphatic carbocycles. The Balaban J connectivity index is 1.44. The lowest BCUT2D eigenvalue weighted by Gasteiger charge is -2.39. The van der Waals surface area contributed by atoms with Crippen LogP contribution in [-0.4, -0.2) is 43.4 Å². The Kier molecular flexibility index (Phi) is 3.29. The second-order valence-electron chi connectivity index (χ2n) is 6.03. The lowest BCUT2D eigenvalue weighted by molar-refractivity contribution is 0.0499. The van der Waals surface area contributed by atoms with Crippen molar-refractivity contribution in [1.82, 2.24) is 24.4 Å². The number of nitrogens with zero attached hydrogens (tertiary/aromatic N) is 5. The molecule has 6 nitrogen and oxygen atoms in total.